The molecule has 3 aromatic rings. The summed E-state index contributed by atoms with van der Waals surface area (Å²) in [5.41, 5.74) is 6.98. The quantitative estimate of drug-likeness (QED) is 0.766. The number of aromatic nitrogens is 2. The Hall–Kier alpha value is -2.99. The van der Waals surface area contributed by atoms with Crippen LogP contribution in [-0.2, 0) is 0 Å². The summed E-state index contributed by atoms with van der Waals surface area (Å²) >= 11 is 0. The molecule has 0 fully saturated rings. The van der Waals surface area contributed by atoms with Crippen LogP contribution in [0.15, 0.2) is 48.7 Å². The van der Waals surface area contributed by atoms with Gasteiger partial charge in [-0.1, -0.05) is 18.2 Å². The molecule has 0 aliphatic heterocycles. The Balaban J connectivity index is 2.12. The van der Waals surface area contributed by atoms with Gasteiger partial charge in [-0.3, -0.25) is 4.79 Å². The smallest absolute Gasteiger partial charge is 0.267 e. The number of ether oxygens (including phenoxy) is 1. The molecule has 0 bridgehead atoms. The van der Waals surface area contributed by atoms with E-state index in [1.807, 2.05) is 18.2 Å². The highest BCUT2D eigenvalue weighted by atomic mass is 16.5. The summed E-state index contributed by atoms with van der Waals surface area (Å²) in [6.07, 6.45) is 0.428. The normalized spacial score (nSPS) is 12.1. The molecule has 0 saturated heterocycles. The van der Waals surface area contributed by atoms with Crippen molar-refractivity contribution in [3.63, 3.8) is 0 Å². The second-order valence-electron chi connectivity index (χ2n) is 5.02. The molecule has 0 spiro atoms. The van der Waals surface area contributed by atoms with Crippen molar-refractivity contribution in [2.24, 2.45) is 5.73 Å². The average Bonchev–Trinajstić information content (AvgIpc) is 2.60. The standard InChI is InChI=1S/C17H15N3O3/c1-23-14-7-6-11(9-19-14)16(21)12-8-10-4-2-3-5-13(10)20-15(12)17(18)22/h2-9,16,21H,1H3,(H2,18,22). The molecule has 116 valence electrons. The SMILES string of the molecule is COc1ccc(C(O)c2cc3ccccc3nc2C(N)=O)cn1. The Morgan fingerprint density at radius 1 is 1.26 bits per heavy atom. The van der Waals surface area contributed by atoms with E-state index >= 15 is 0 Å². The van der Waals surface area contributed by atoms with Crippen molar-refractivity contribution >= 4 is 16.8 Å². The molecule has 2 aromatic heterocycles. The first-order valence-electron chi connectivity index (χ1n) is 6.97. The Kier molecular flexibility index (Phi) is 3.91. The highest BCUT2D eigenvalue weighted by molar-refractivity contribution is 5.95. The summed E-state index contributed by atoms with van der Waals surface area (Å²) in [5.74, 6) is -0.251. The lowest BCUT2D eigenvalue weighted by Gasteiger charge is -2.15. The van der Waals surface area contributed by atoms with Crippen LogP contribution in [0.4, 0.5) is 0 Å². The summed E-state index contributed by atoms with van der Waals surface area (Å²) < 4.78 is 5.00. The molecule has 0 radical (unpaired) electrons. The van der Waals surface area contributed by atoms with E-state index in [0.717, 1.165) is 5.39 Å². The number of primary amides is 1. The van der Waals surface area contributed by atoms with Gasteiger partial charge in [0.15, 0.2) is 0 Å². The lowest BCUT2D eigenvalue weighted by molar-refractivity contribution is 0.0990. The molecule has 23 heavy (non-hydrogen) atoms. The second-order valence-corrected chi connectivity index (χ2v) is 5.02. The number of carbonyl (C=O) groups excluding carboxylic acids is 1. The van der Waals surface area contributed by atoms with Crippen LogP contribution in [0.1, 0.15) is 27.7 Å². The van der Waals surface area contributed by atoms with Crippen LogP contribution in [0.5, 0.6) is 5.88 Å². The minimum Gasteiger partial charge on any atom is -0.481 e. The maximum Gasteiger partial charge on any atom is 0.267 e. The van der Waals surface area contributed by atoms with E-state index in [1.54, 1.807) is 24.3 Å². The zero-order valence-corrected chi connectivity index (χ0v) is 12.4. The molecule has 3 N–H and O–H groups in total. The first-order valence-corrected chi connectivity index (χ1v) is 6.97. The fraction of sp³-hybridized carbons (Fsp3) is 0.118. The third kappa shape index (κ3) is 2.84. The van der Waals surface area contributed by atoms with Gasteiger partial charge in [-0.15, -0.1) is 0 Å². The van der Waals surface area contributed by atoms with E-state index in [9.17, 15) is 9.90 Å². The molecule has 0 aliphatic rings. The largest absolute Gasteiger partial charge is 0.481 e. The van der Waals surface area contributed by atoms with Gasteiger partial charge in [0.25, 0.3) is 5.91 Å². The monoisotopic (exact) mass is 309 g/mol. The van der Waals surface area contributed by atoms with Gasteiger partial charge in [0.2, 0.25) is 5.88 Å². The fourth-order valence-electron chi connectivity index (χ4n) is 2.39. The number of aliphatic hydroxyl groups excluding tert-OH is 1. The number of carbonyl (C=O) groups is 1. The summed E-state index contributed by atoms with van der Waals surface area (Å²) in [7, 11) is 1.51. The zero-order valence-electron chi connectivity index (χ0n) is 12.4. The first-order chi connectivity index (χ1) is 11.1. The molecule has 1 aromatic carbocycles. The Morgan fingerprint density at radius 3 is 2.70 bits per heavy atom. The average molecular weight is 309 g/mol. The van der Waals surface area contributed by atoms with Crippen LogP contribution in [0, 0.1) is 0 Å². The Bertz CT molecular complexity index is 863. The van der Waals surface area contributed by atoms with Gasteiger partial charge in [-0.05, 0) is 18.2 Å². The molecular weight excluding hydrogens is 294 g/mol. The number of fused-ring (bicyclic) bond motifs is 1. The number of hydrogen-bond acceptors (Lipinski definition) is 5. The summed E-state index contributed by atoms with van der Waals surface area (Å²) in [5, 5.41) is 11.4. The number of nitrogens with zero attached hydrogens (tertiary/aromatic N) is 2. The van der Waals surface area contributed by atoms with Crippen LogP contribution in [0.2, 0.25) is 0 Å². The third-order valence-electron chi connectivity index (χ3n) is 3.57. The van der Waals surface area contributed by atoms with E-state index in [0.29, 0.717) is 22.5 Å². The number of hydrogen-bond donors (Lipinski definition) is 2. The van der Waals surface area contributed by atoms with E-state index in [1.165, 1.54) is 13.3 Å². The summed E-state index contributed by atoms with van der Waals surface area (Å²) in [4.78, 5) is 20.1. The highest BCUT2D eigenvalue weighted by Gasteiger charge is 2.20. The molecular formula is C17H15N3O3. The topological polar surface area (TPSA) is 98.3 Å². The molecule has 2 heterocycles. The summed E-state index contributed by atoms with van der Waals surface area (Å²) in [6.45, 7) is 0. The number of para-hydroxylation sites is 1. The number of rotatable bonds is 4. The lowest BCUT2D eigenvalue weighted by atomic mass is 9.99. The maximum absolute atomic E-state index is 11.7. The van der Waals surface area contributed by atoms with Crippen molar-refractivity contribution in [1.29, 1.82) is 0 Å². The first kappa shape index (κ1) is 14.9. The molecule has 1 amide bonds. The van der Waals surface area contributed by atoms with Gasteiger partial charge in [0, 0.05) is 28.8 Å². The molecule has 6 heteroatoms. The number of methoxy groups -OCH3 is 1. The van der Waals surface area contributed by atoms with Crippen LogP contribution >= 0.6 is 0 Å². The number of amides is 1. The van der Waals surface area contributed by atoms with Crippen molar-refractivity contribution in [3.8, 4) is 5.88 Å². The van der Waals surface area contributed by atoms with E-state index in [2.05, 4.69) is 9.97 Å². The second kappa shape index (κ2) is 6.02. The number of nitrogens with two attached hydrogens (primary N) is 1. The molecule has 6 nitrogen and oxygen atoms in total. The van der Waals surface area contributed by atoms with Crippen molar-refractivity contribution in [1.82, 2.24) is 9.97 Å². The van der Waals surface area contributed by atoms with Crippen molar-refractivity contribution < 1.29 is 14.6 Å². The van der Waals surface area contributed by atoms with Crippen LogP contribution in [0.3, 0.4) is 0 Å². The van der Waals surface area contributed by atoms with E-state index in [4.69, 9.17) is 10.5 Å². The molecule has 1 unspecified atom stereocenters. The number of benzene rings is 1. The predicted octanol–water partition coefficient (Wildman–Crippen LogP) is 1.82. The summed E-state index contributed by atoms with van der Waals surface area (Å²) in [6, 6.07) is 12.4. The van der Waals surface area contributed by atoms with Gasteiger partial charge < -0.3 is 15.6 Å². The highest BCUT2D eigenvalue weighted by Crippen LogP contribution is 2.27. The maximum atomic E-state index is 11.7. The molecule has 0 saturated carbocycles. The van der Waals surface area contributed by atoms with Crippen LogP contribution < -0.4 is 10.5 Å². The zero-order chi connectivity index (χ0) is 16.4. The van der Waals surface area contributed by atoms with Crippen molar-refractivity contribution in [2.45, 2.75) is 6.10 Å². The van der Waals surface area contributed by atoms with Gasteiger partial charge >= 0.3 is 0 Å². The Morgan fingerprint density at radius 2 is 2.04 bits per heavy atom. The van der Waals surface area contributed by atoms with Gasteiger partial charge in [-0.25, -0.2) is 9.97 Å². The predicted molar refractivity (Wildman–Crippen MR) is 85.1 cm³/mol. The number of pyridine rings is 2. The van der Waals surface area contributed by atoms with Crippen LogP contribution in [-0.4, -0.2) is 28.1 Å². The van der Waals surface area contributed by atoms with Crippen molar-refractivity contribution in [3.05, 3.63) is 65.5 Å². The molecule has 0 aliphatic carbocycles. The van der Waals surface area contributed by atoms with Crippen molar-refractivity contribution in [2.75, 3.05) is 7.11 Å². The van der Waals surface area contributed by atoms with Gasteiger partial charge in [0.1, 0.15) is 11.8 Å². The minimum atomic E-state index is -1.06. The number of aliphatic hydroxyl groups is 1. The fourth-order valence-corrected chi connectivity index (χ4v) is 2.39. The molecule has 1 atom stereocenters. The van der Waals surface area contributed by atoms with Gasteiger partial charge in [0.05, 0.1) is 12.6 Å². The van der Waals surface area contributed by atoms with E-state index < -0.39 is 12.0 Å². The molecule has 3 rings (SSSR count). The van der Waals surface area contributed by atoms with Gasteiger partial charge in [-0.2, -0.15) is 0 Å². The third-order valence-corrected chi connectivity index (χ3v) is 3.57. The Labute approximate surface area is 132 Å². The lowest BCUT2D eigenvalue weighted by Crippen LogP contribution is -2.18. The minimum absolute atomic E-state index is 0.0482. The van der Waals surface area contributed by atoms with Crippen LogP contribution in [0.25, 0.3) is 10.9 Å². The van der Waals surface area contributed by atoms with E-state index in [-0.39, 0.29) is 5.69 Å².